The van der Waals surface area contributed by atoms with Gasteiger partial charge in [0.25, 0.3) is 0 Å². The minimum absolute atomic E-state index is 0.0948. The van der Waals surface area contributed by atoms with E-state index in [4.69, 9.17) is 20.8 Å². The molecule has 0 bridgehead atoms. The van der Waals surface area contributed by atoms with Crippen molar-refractivity contribution >= 4 is 23.5 Å². The Morgan fingerprint density at radius 3 is 2.57 bits per heavy atom. The number of carbonyl (C=O) groups excluding carboxylic acids is 1. The van der Waals surface area contributed by atoms with Gasteiger partial charge in [-0.1, -0.05) is 49.7 Å². The number of carbonyl (C=O) groups is 1. The zero-order chi connectivity index (χ0) is 20.1. The predicted octanol–water partition coefficient (Wildman–Crippen LogP) is 6.67. The number of benzene rings is 2. The summed E-state index contributed by atoms with van der Waals surface area (Å²) in [7, 11) is 0. The third-order valence-electron chi connectivity index (χ3n) is 4.21. The van der Waals surface area contributed by atoms with Gasteiger partial charge in [-0.25, -0.2) is 4.39 Å². The number of furan rings is 1. The molecule has 0 aliphatic heterocycles. The van der Waals surface area contributed by atoms with Crippen molar-refractivity contribution in [1.82, 2.24) is 0 Å². The molecule has 3 rings (SSSR count). The van der Waals surface area contributed by atoms with E-state index in [1.165, 1.54) is 29.8 Å². The van der Waals surface area contributed by atoms with Gasteiger partial charge in [0.1, 0.15) is 29.7 Å². The summed E-state index contributed by atoms with van der Waals surface area (Å²) in [5.74, 6) is 1.38. The van der Waals surface area contributed by atoms with Crippen molar-refractivity contribution in [2.45, 2.75) is 26.4 Å². The van der Waals surface area contributed by atoms with Crippen LogP contribution in [-0.4, -0.2) is 5.78 Å². The van der Waals surface area contributed by atoms with Crippen LogP contribution in [-0.2, 0) is 6.61 Å². The second kappa shape index (κ2) is 8.89. The van der Waals surface area contributed by atoms with Gasteiger partial charge in [0.2, 0.25) is 0 Å². The summed E-state index contributed by atoms with van der Waals surface area (Å²) in [6.07, 6.45) is 3.09. The van der Waals surface area contributed by atoms with Gasteiger partial charge in [-0.3, -0.25) is 4.79 Å². The summed E-state index contributed by atoms with van der Waals surface area (Å²) >= 11 is 5.93. The van der Waals surface area contributed by atoms with Gasteiger partial charge < -0.3 is 9.15 Å². The third-order valence-corrected chi connectivity index (χ3v) is 4.50. The van der Waals surface area contributed by atoms with Crippen molar-refractivity contribution in [3.05, 3.63) is 94.2 Å². The average molecular weight is 399 g/mol. The molecular weight excluding hydrogens is 379 g/mol. The van der Waals surface area contributed by atoms with E-state index in [0.29, 0.717) is 28.8 Å². The van der Waals surface area contributed by atoms with Gasteiger partial charge >= 0.3 is 0 Å². The van der Waals surface area contributed by atoms with Crippen LogP contribution in [0.3, 0.4) is 0 Å². The summed E-state index contributed by atoms with van der Waals surface area (Å²) in [6.45, 7) is 4.36. The molecule has 3 nitrogen and oxygen atoms in total. The fourth-order valence-electron chi connectivity index (χ4n) is 2.59. The normalized spacial score (nSPS) is 11.3. The lowest BCUT2D eigenvalue weighted by Gasteiger charge is -2.06. The minimum Gasteiger partial charge on any atom is -0.484 e. The zero-order valence-electron chi connectivity index (χ0n) is 15.6. The van der Waals surface area contributed by atoms with Crippen molar-refractivity contribution in [3.63, 3.8) is 0 Å². The first-order valence-electron chi connectivity index (χ1n) is 8.91. The lowest BCUT2D eigenvalue weighted by molar-refractivity contribution is 0.104. The van der Waals surface area contributed by atoms with Crippen LogP contribution in [0.2, 0.25) is 5.02 Å². The Bertz CT molecular complexity index is 987. The average Bonchev–Trinajstić information content (AvgIpc) is 3.13. The predicted molar refractivity (Wildman–Crippen MR) is 108 cm³/mol. The maximum absolute atomic E-state index is 13.0. The van der Waals surface area contributed by atoms with Gasteiger partial charge in [-0.05, 0) is 54.0 Å². The number of rotatable bonds is 7. The molecule has 3 aromatic rings. The SMILES string of the molecule is CC(C)c1ccc(C(=O)/C=C/c2ccc(COc3ccc(F)cc3Cl)o2)cc1. The molecule has 0 N–H and O–H groups in total. The molecule has 0 radical (unpaired) electrons. The van der Waals surface area contributed by atoms with E-state index in [1.807, 2.05) is 24.3 Å². The van der Waals surface area contributed by atoms with E-state index < -0.39 is 5.82 Å². The molecule has 1 aromatic heterocycles. The first kappa shape index (κ1) is 19.9. The molecule has 5 heteroatoms. The lowest BCUT2D eigenvalue weighted by atomic mass is 10.0. The largest absolute Gasteiger partial charge is 0.484 e. The Labute approximate surface area is 168 Å². The smallest absolute Gasteiger partial charge is 0.185 e. The number of ether oxygens (including phenoxy) is 1. The van der Waals surface area contributed by atoms with E-state index in [1.54, 1.807) is 18.2 Å². The number of ketones is 1. The van der Waals surface area contributed by atoms with Gasteiger partial charge in [0.05, 0.1) is 5.02 Å². The standard InChI is InChI=1S/C23H20ClFO3/c1-15(2)16-3-5-17(6-4-16)22(26)11-10-19-8-9-20(28-19)14-27-23-12-7-18(25)13-21(23)24/h3-13,15H,14H2,1-2H3/b11-10+. The van der Waals surface area contributed by atoms with Crippen LogP contribution in [0.5, 0.6) is 5.75 Å². The molecule has 0 saturated carbocycles. The van der Waals surface area contributed by atoms with Crippen molar-refractivity contribution in [1.29, 1.82) is 0 Å². The van der Waals surface area contributed by atoms with Gasteiger partial charge in [-0.2, -0.15) is 0 Å². The van der Waals surface area contributed by atoms with E-state index in [9.17, 15) is 9.18 Å². The highest BCUT2D eigenvalue weighted by Crippen LogP contribution is 2.26. The molecule has 0 saturated heterocycles. The molecular formula is C23H20ClFO3. The Morgan fingerprint density at radius 2 is 1.89 bits per heavy atom. The number of hydrogen-bond acceptors (Lipinski definition) is 3. The monoisotopic (exact) mass is 398 g/mol. The first-order valence-corrected chi connectivity index (χ1v) is 9.29. The van der Waals surface area contributed by atoms with Crippen LogP contribution in [0, 0.1) is 5.82 Å². The Balaban J connectivity index is 1.59. The molecule has 2 aromatic carbocycles. The summed E-state index contributed by atoms with van der Waals surface area (Å²) in [5.41, 5.74) is 1.82. The summed E-state index contributed by atoms with van der Waals surface area (Å²) in [5, 5.41) is 0.195. The first-order chi connectivity index (χ1) is 13.4. The van der Waals surface area contributed by atoms with E-state index >= 15 is 0 Å². The van der Waals surface area contributed by atoms with Gasteiger partial charge in [-0.15, -0.1) is 0 Å². The summed E-state index contributed by atoms with van der Waals surface area (Å²) < 4.78 is 24.2. The fourth-order valence-corrected chi connectivity index (χ4v) is 2.81. The highest BCUT2D eigenvalue weighted by atomic mass is 35.5. The van der Waals surface area contributed by atoms with Crippen LogP contribution < -0.4 is 4.74 Å². The van der Waals surface area contributed by atoms with Gasteiger partial charge in [0.15, 0.2) is 5.78 Å². The van der Waals surface area contributed by atoms with E-state index in [-0.39, 0.29) is 17.4 Å². The topological polar surface area (TPSA) is 39.4 Å². The maximum Gasteiger partial charge on any atom is 0.185 e. The molecule has 1 heterocycles. The molecule has 144 valence electrons. The van der Waals surface area contributed by atoms with Crippen LogP contribution >= 0.6 is 11.6 Å². The second-order valence-corrected chi connectivity index (χ2v) is 7.05. The van der Waals surface area contributed by atoms with Crippen molar-refractivity contribution in [3.8, 4) is 5.75 Å². The quantitative estimate of drug-likeness (QED) is 0.329. The van der Waals surface area contributed by atoms with E-state index in [2.05, 4.69) is 13.8 Å². The highest BCUT2D eigenvalue weighted by Gasteiger charge is 2.07. The number of allylic oxidation sites excluding steroid dienone is 1. The molecule has 0 aliphatic carbocycles. The van der Waals surface area contributed by atoms with Crippen molar-refractivity contribution < 1.29 is 18.3 Å². The lowest BCUT2D eigenvalue weighted by Crippen LogP contribution is -1.95. The van der Waals surface area contributed by atoms with Crippen LogP contribution in [0.4, 0.5) is 4.39 Å². The molecule has 0 atom stereocenters. The molecule has 28 heavy (non-hydrogen) atoms. The fraction of sp³-hybridized carbons (Fsp3) is 0.174. The van der Waals surface area contributed by atoms with Crippen LogP contribution in [0.25, 0.3) is 6.08 Å². The molecule has 0 spiro atoms. The minimum atomic E-state index is -0.425. The molecule has 0 unspecified atom stereocenters. The molecule has 0 fully saturated rings. The highest BCUT2D eigenvalue weighted by molar-refractivity contribution is 6.32. The van der Waals surface area contributed by atoms with Crippen LogP contribution in [0.1, 0.15) is 47.2 Å². The van der Waals surface area contributed by atoms with E-state index in [0.717, 1.165) is 0 Å². The Morgan fingerprint density at radius 1 is 1.14 bits per heavy atom. The van der Waals surface area contributed by atoms with Crippen LogP contribution in [0.15, 0.2) is 65.1 Å². The number of halogens is 2. The zero-order valence-corrected chi connectivity index (χ0v) is 16.4. The third kappa shape index (κ3) is 5.11. The number of hydrogen-bond donors (Lipinski definition) is 0. The van der Waals surface area contributed by atoms with Crippen molar-refractivity contribution in [2.75, 3.05) is 0 Å². The Hall–Kier alpha value is -2.85. The Kier molecular flexibility index (Phi) is 6.32. The second-order valence-electron chi connectivity index (χ2n) is 6.64. The van der Waals surface area contributed by atoms with Crippen molar-refractivity contribution in [2.24, 2.45) is 0 Å². The molecule has 0 aliphatic rings. The summed E-state index contributed by atoms with van der Waals surface area (Å²) in [6, 6.07) is 15.0. The molecule has 0 amide bonds. The maximum atomic E-state index is 13.0. The summed E-state index contributed by atoms with van der Waals surface area (Å²) in [4.78, 5) is 12.3. The van der Waals surface area contributed by atoms with Gasteiger partial charge in [0, 0.05) is 5.56 Å².